The van der Waals surface area contributed by atoms with Crippen LogP contribution in [0.1, 0.15) is 0 Å². The number of fused-ring (bicyclic) bond motifs is 6. The topological polar surface area (TPSA) is 11.4 Å². The van der Waals surface area contributed by atoms with E-state index in [-0.39, 0.29) is 0 Å². The van der Waals surface area contributed by atoms with Crippen LogP contribution in [0.15, 0.2) is 200 Å². The lowest BCUT2D eigenvalue weighted by Gasteiger charge is -2.35. The first-order valence-electron chi connectivity index (χ1n) is 18.2. The predicted molar refractivity (Wildman–Crippen MR) is 224 cm³/mol. The molecule has 11 rings (SSSR count). The summed E-state index contributed by atoms with van der Waals surface area (Å²) in [7, 11) is 0. The molecular weight excluding hydrogens is 643 g/mol. The van der Waals surface area contributed by atoms with Crippen LogP contribution in [0.5, 0.6) is 0 Å². The van der Waals surface area contributed by atoms with Crippen molar-refractivity contribution in [3.8, 4) is 16.8 Å². The lowest BCUT2D eigenvalue weighted by atomic mass is 9.89. The number of aromatic nitrogens is 1. The van der Waals surface area contributed by atoms with Crippen LogP contribution < -0.4 is 9.80 Å². The molecule has 0 spiro atoms. The Morgan fingerprint density at radius 1 is 0.358 bits per heavy atom. The lowest BCUT2D eigenvalue weighted by Crippen LogP contribution is -2.16. The Morgan fingerprint density at radius 2 is 0.981 bits per heavy atom. The third-order valence-corrected chi connectivity index (χ3v) is 10.9. The predicted octanol–water partition coefficient (Wildman–Crippen LogP) is 14.0. The number of nitrogens with zero attached hydrogens (tertiary/aromatic N) is 3. The van der Waals surface area contributed by atoms with Gasteiger partial charge >= 0.3 is 0 Å². The Kier molecular flexibility index (Phi) is 6.55. The molecule has 0 aliphatic carbocycles. The standard InChI is InChI=1S/C50H33N3/c1-3-17-35(18-4-1)51-46-26-12-10-23-40(46)43-33-37(29-31-48(43)51)53(44-27-13-16-34-15-7-8-21-38(34)44)47-32-30-41-39-22-9-11-25-45(39)52(36-19-5-2-6-20-36)49-28-14-24-42(47)50(41)49/h1-33H. The van der Waals surface area contributed by atoms with Gasteiger partial charge in [0.15, 0.2) is 0 Å². The second-order valence-electron chi connectivity index (χ2n) is 13.7. The highest BCUT2D eigenvalue weighted by molar-refractivity contribution is 6.19. The number of para-hydroxylation sites is 4. The summed E-state index contributed by atoms with van der Waals surface area (Å²) in [4.78, 5) is 4.90. The van der Waals surface area contributed by atoms with Crippen molar-refractivity contribution in [1.29, 1.82) is 0 Å². The number of anilines is 6. The van der Waals surface area contributed by atoms with Gasteiger partial charge in [-0.3, -0.25) is 0 Å². The van der Waals surface area contributed by atoms with Gasteiger partial charge in [-0.25, -0.2) is 0 Å². The van der Waals surface area contributed by atoms with Crippen molar-refractivity contribution in [2.45, 2.75) is 0 Å². The van der Waals surface area contributed by atoms with E-state index in [1.807, 2.05) is 0 Å². The molecule has 0 unspecified atom stereocenters. The highest BCUT2D eigenvalue weighted by atomic mass is 15.2. The van der Waals surface area contributed by atoms with Gasteiger partial charge in [0.2, 0.25) is 0 Å². The van der Waals surface area contributed by atoms with E-state index < -0.39 is 0 Å². The molecule has 9 aromatic carbocycles. The van der Waals surface area contributed by atoms with Gasteiger partial charge in [-0.1, -0.05) is 127 Å². The Labute approximate surface area is 307 Å². The summed E-state index contributed by atoms with van der Waals surface area (Å²) >= 11 is 0. The largest absolute Gasteiger partial charge is 0.309 e. The molecule has 1 aliphatic heterocycles. The average Bonchev–Trinajstić information content (AvgIpc) is 3.56. The van der Waals surface area contributed by atoms with Crippen LogP contribution in [0.3, 0.4) is 0 Å². The highest BCUT2D eigenvalue weighted by Gasteiger charge is 2.28. The van der Waals surface area contributed by atoms with Crippen LogP contribution in [0, 0.1) is 0 Å². The van der Waals surface area contributed by atoms with Crippen LogP contribution in [-0.2, 0) is 0 Å². The van der Waals surface area contributed by atoms with E-state index in [1.54, 1.807) is 0 Å². The SMILES string of the molecule is c1ccc(N2c3ccccc3-c3ccc(N(c4ccc5c(c4)c4ccccc4n5-c4ccccc4)c4cccc5ccccc45)c4cccc2c34)cc1. The third kappa shape index (κ3) is 4.47. The first-order chi connectivity index (χ1) is 26.3. The van der Waals surface area contributed by atoms with E-state index in [0.29, 0.717) is 0 Å². The van der Waals surface area contributed by atoms with Crippen LogP contribution >= 0.6 is 0 Å². The third-order valence-electron chi connectivity index (χ3n) is 10.9. The molecule has 248 valence electrons. The first kappa shape index (κ1) is 29.6. The molecular formula is C50H33N3. The van der Waals surface area contributed by atoms with Gasteiger partial charge in [0.1, 0.15) is 0 Å². The van der Waals surface area contributed by atoms with Crippen molar-refractivity contribution in [1.82, 2.24) is 4.57 Å². The number of hydrogen-bond donors (Lipinski definition) is 0. The lowest BCUT2D eigenvalue weighted by molar-refractivity contribution is 1.18. The van der Waals surface area contributed by atoms with Crippen molar-refractivity contribution >= 4 is 77.5 Å². The van der Waals surface area contributed by atoms with Crippen molar-refractivity contribution in [2.24, 2.45) is 0 Å². The molecule has 0 atom stereocenters. The maximum absolute atomic E-state index is 2.48. The second kappa shape index (κ2) is 11.7. The molecule has 3 nitrogen and oxygen atoms in total. The second-order valence-corrected chi connectivity index (χ2v) is 13.7. The van der Waals surface area contributed by atoms with E-state index >= 15 is 0 Å². The number of benzene rings is 9. The summed E-state index contributed by atoms with van der Waals surface area (Å²) < 4.78 is 2.38. The minimum absolute atomic E-state index is 1.11. The summed E-state index contributed by atoms with van der Waals surface area (Å²) in [6, 6.07) is 72.8. The van der Waals surface area contributed by atoms with Gasteiger partial charge in [-0.05, 0) is 83.7 Å². The molecule has 0 bridgehead atoms. The van der Waals surface area contributed by atoms with Crippen LogP contribution in [0.2, 0.25) is 0 Å². The van der Waals surface area contributed by atoms with Crippen LogP contribution in [0.4, 0.5) is 34.1 Å². The van der Waals surface area contributed by atoms with Gasteiger partial charge in [0.05, 0.1) is 33.8 Å². The van der Waals surface area contributed by atoms with Crippen molar-refractivity contribution in [3.63, 3.8) is 0 Å². The molecule has 0 radical (unpaired) electrons. The quantitative estimate of drug-likeness (QED) is 0.180. The Morgan fingerprint density at radius 3 is 1.85 bits per heavy atom. The molecule has 0 saturated carbocycles. The molecule has 0 fully saturated rings. The van der Waals surface area contributed by atoms with E-state index in [4.69, 9.17) is 0 Å². The zero-order valence-electron chi connectivity index (χ0n) is 28.9. The minimum Gasteiger partial charge on any atom is -0.309 e. The Hall–Kier alpha value is -7.10. The van der Waals surface area contributed by atoms with Crippen molar-refractivity contribution in [2.75, 3.05) is 9.80 Å². The highest BCUT2D eigenvalue weighted by Crippen LogP contribution is 2.54. The monoisotopic (exact) mass is 675 g/mol. The van der Waals surface area contributed by atoms with Crippen molar-refractivity contribution < 1.29 is 0 Å². The van der Waals surface area contributed by atoms with Gasteiger partial charge in [-0.2, -0.15) is 0 Å². The molecule has 0 saturated heterocycles. The fourth-order valence-electron chi connectivity index (χ4n) is 8.63. The summed E-state index contributed by atoms with van der Waals surface area (Å²) in [5.74, 6) is 0. The molecule has 1 aromatic heterocycles. The van der Waals surface area contributed by atoms with E-state index in [2.05, 4.69) is 215 Å². The Balaban J connectivity index is 1.22. The van der Waals surface area contributed by atoms with E-state index in [9.17, 15) is 0 Å². The zero-order valence-corrected chi connectivity index (χ0v) is 28.9. The number of rotatable bonds is 5. The van der Waals surface area contributed by atoms with Gasteiger partial charge < -0.3 is 14.4 Å². The van der Waals surface area contributed by atoms with Gasteiger partial charge in [0.25, 0.3) is 0 Å². The van der Waals surface area contributed by atoms with Crippen LogP contribution in [0.25, 0.3) is 60.2 Å². The number of hydrogen-bond acceptors (Lipinski definition) is 2. The molecule has 53 heavy (non-hydrogen) atoms. The smallest absolute Gasteiger partial charge is 0.0547 e. The average molecular weight is 676 g/mol. The fraction of sp³-hybridized carbons (Fsp3) is 0. The molecule has 1 aliphatic rings. The first-order valence-corrected chi connectivity index (χ1v) is 18.2. The molecule has 3 heteroatoms. The van der Waals surface area contributed by atoms with Gasteiger partial charge in [-0.15, -0.1) is 0 Å². The maximum atomic E-state index is 2.48. The normalized spacial score (nSPS) is 12.1. The fourth-order valence-corrected chi connectivity index (χ4v) is 8.63. The molecule has 0 amide bonds. The van der Waals surface area contributed by atoms with E-state index in [1.165, 1.54) is 65.9 Å². The van der Waals surface area contributed by atoms with Gasteiger partial charge in [0, 0.05) is 49.6 Å². The zero-order chi connectivity index (χ0) is 34.9. The molecule has 10 aromatic rings. The summed E-state index contributed by atoms with van der Waals surface area (Å²) in [5, 5.41) is 7.33. The minimum atomic E-state index is 1.11. The van der Waals surface area contributed by atoms with Crippen LogP contribution in [-0.4, -0.2) is 4.57 Å². The molecule has 0 N–H and O–H groups in total. The Bertz CT molecular complexity index is 3010. The van der Waals surface area contributed by atoms with E-state index in [0.717, 1.165) is 28.4 Å². The molecule has 2 heterocycles. The summed E-state index contributed by atoms with van der Waals surface area (Å²) in [6.45, 7) is 0. The summed E-state index contributed by atoms with van der Waals surface area (Å²) in [5.41, 5.74) is 12.9. The summed E-state index contributed by atoms with van der Waals surface area (Å²) in [6.07, 6.45) is 0. The maximum Gasteiger partial charge on any atom is 0.0547 e. The van der Waals surface area contributed by atoms with Crippen molar-refractivity contribution in [3.05, 3.63) is 200 Å².